The summed E-state index contributed by atoms with van der Waals surface area (Å²) >= 11 is 0. The van der Waals surface area contributed by atoms with Crippen LogP contribution in [0.15, 0.2) is 12.5 Å². The minimum Gasteiger partial charge on any atom is -0.481 e. The number of carboxylic acids is 1. The molecule has 92 valence electrons. The third kappa shape index (κ3) is 1.90. The summed E-state index contributed by atoms with van der Waals surface area (Å²) < 4.78 is 1.64. The van der Waals surface area contributed by atoms with Crippen molar-refractivity contribution in [1.29, 1.82) is 0 Å². The van der Waals surface area contributed by atoms with Crippen molar-refractivity contribution in [2.24, 2.45) is 13.0 Å². The molecule has 17 heavy (non-hydrogen) atoms. The number of nitrogens with zero attached hydrogens (tertiary/aromatic N) is 3. The van der Waals surface area contributed by atoms with Gasteiger partial charge in [0.15, 0.2) is 0 Å². The Morgan fingerprint density at radius 1 is 1.53 bits per heavy atom. The Labute approximate surface area is 98.9 Å². The van der Waals surface area contributed by atoms with Crippen molar-refractivity contribution in [2.75, 3.05) is 6.54 Å². The average Bonchev–Trinajstić information content (AvgIpc) is 2.83. The molecule has 6 heteroatoms. The van der Waals surface area contributed by atoms with Crippen molar-refractivity contribution in [3.8, 4) is 0 Å². The molecule has 1 fully saturated rings. The Morgan fingerprint density at radius 2 is 2.24 bits per heavy atom. The molecular formula is C11H15N3O3. The number of imidazole rings is 1. The van der Waals surface area contributed by atoms with Crippen LogP contribution in [0.4, 0.5) is 0 Å². The highest BCUT2D eigenvalue weighted by Gasteiger charge is 2.38. The molecule has 0 aromatic carbocycles. The molecule has 1 aromatic rings. The summed E-state index contributed by atoms with van der Waals surface area (Å²) in [7, 11) is 1.75. The molecule has 6 nitrogen and oxygen atoms in total. The number of carboxylic acid groups (broad SMARTS) is 1. The predicted molar refractivity (Wildman–Crippen MR) is 59.4 cm³/mol. The van der Waals surface area contributed by atoms with E-state index in [1.807, 2.05) is 0 Å². The zero-order valence-corrected chi connectivity index (χ0v) is 9.83. The molecule has 0 saturated carbocycles. The van der Waals surface area contributed by atoms with E-state index in [1.165, 1.54) is 6.20 Å². The maximum Gasteiger partial charge on any atom is 0.308 e. The molecule has 0 spiro atoms. The van der Waals surface area contributed by atoms with Gasteiger partial charge in [-0.05, 0) is 13.3 Å². The summed E-state index contributed by atoms with van der Waals surface area (Å²) in [6.07, 6.45) is 3.58. The van der Waals surface area contributed by atoms with E-state index in [1.54, 1.807) is 29.8 Å². The van der Waals surface area contributed by atoms with Crippen LogP contribution in [0.25, 0.3) is 0 Å². The second kappa shape index (κ2) is 4.20. The fraction of sp³-hybridized carbons (Fsp3) is 0.545. The summed E-state index contributed by atoms with van der Waals surface area (Å²) in [5.74, 6) is -1.45. The first-order valence-corrected chi connectivity index (χ1v) is 5.52. The highest BCUT2D eigenvalue weighted by molar-refractivity contribution is 5.93. The molecule has 0 bridgehead atoms. The summed E-state index contributed by atoms with van der Waals surface area (Å²) in [5, 5.41) is 9.01. The van der Waals surface area contributed by atoms with Crippen LogP contribution in [0.2, 0.25) is 0 Å². The van der Waals surface area contributed by atoms with Crippen LogP contribution < -0.4 is 0 Å². The first-order chi connectivity index (χ1) is 8.02. The standard InChI is InChI=1S/C11H15N3O3/c1-7-8(11(16)17)3-4-14(7)10(15)9-5-12-6-13(9)2/h5-8H,3-4H2,1-2H3,(H,16,17). The number of rotatable bonds is 2. The van der Waals surface area contributed by atoms with E-state index in [4.69, 9.17) is 5.11 Å². The van der Waals surface area contributed by atoms with Gasteiger partial charge in [0.05, 0.1) is 18.4 Å². The van der Waals surface area contributed by atoms with E-state index in [2.05, 4.69) is 4.98 Å². The summed E-state index contributed by atoms with van der Waals surface area (Å²) in [6.45, 7) is 2.27. The van der Waals surface area contributed by atoms with Gasteiger partial charge in [-0.15, -0.1) is 0 Å². The number of likely N-dealkylation sites (tertiary alicyclic amines) is 1. The van der Waals surface area contributed by atoms with Gasteiger partial charge in [0.25, 0.3) is 5.91 Å². The number of aryl methyl sites for hydroxylation is 1. The zero-order chi connectivity index (χ0) is 12.6. The van der Waals surface area contributed by atoms with Gasteiger partial charge >= 0.3 is 5.97 Å². The highest BCUT2D eigenvalue weighted by Crippen LogP contribution is 2.25. The van der Waals surface area contributed by atoms with Crippen LogP contribution in [-0.2, 0) is 11.8 Å². The fourth-order valence-corrected chi connectivity index (χ4v) is 2.27. The molecule has 1 aromatic heterocycles. The van der Waals surface area contributed by atoms with Gasteiger partial charge in [0.1, 0.15) is 5.69 Å². The fourth-order valence-electron chi connectivity index (χ4n) is 2.27. The molecule has 0 radical (unpaired) electrons. The van der Waals surface area contributed by atoms with Crippen LogP contribution >= 0.6 is 0 Å². The maximum atomic E-state index is 12.2. The van der Waals surface area contributed by atoms with E-state index < -0.39 is 11.9 Å². The summed E-state index contributed by atoms with van der Waals surface area (Å²) in [5.41, 5.74) is 0.489. The largest absolute Gasteiger partial charge is 0.481 e. The highest BCUT2D eigenvalue weighted by atomic mass is 16.4. The van der Waals surface area contributed by atoms with E-state index >= 15 is 0 Å². The second-order valence-corrected chi connectivity index (χ2v) is 4.36. The van der Waals surface area contributed by atoms with Crippen LogP contribution in [0.5, 0.6) is 0 Å². The molecule has 1 amide bonds. The number of hydrogen-bond donors (Lipinski definition) is 1. The zero-order valence-electron chi connectivity index (χ0n) is 9.83. The number of hydrogen-bond acceptors (Lipinski definition) is 3. The van der Waals surface area contributed by atoms with E-state index in [-0.39, 0.29) is 11.9 Å². The molecule has 1 aliphatic heterocycles. The molecule has 0 aliphatic carbocycles. The topological polar surface area (TPSA) is 75.4 Å². The van der Waals surface area contributed by atoms with Gasteiger partial charge in [-0.1, -0.05) is 0 Å². The van der Waals surface area contributed by atoms with Gasteiger partial charge in [0.2, 0.25) is 0 Å². The lowest BCUT2D eigenvalue weighted by Gasteiger charge is -2.23. The van der Waals surface area contributed by atoms with Crippen LogP contribution in [-0.4, -0.2) is 44.0 Å². The van der Waals surface area contributed by atoms with Gasteiger partial charge in [0, 0.05) is 19.6 Å². The average molecular weight is 237 g/mol. The van der Waals surface area contributed by atoms with Crippen molar-refractivity contribution >= 4 is 11.9 Å². The lowest BCUT2D eigenvalue weighted by molar-refractivity contribution is -0.142. The van der Waals surface area contributed by atoms with Crippen molar-refractivity contribution in [3.05, 3.63) is 18.2 Å². The maximum absolute atomic E-state index is 12.2. The van der Waals surface area contributed by atoms with Gasteiger partial charge in [-0.25, -0.2) is 4.98 Å². The third-order valence-corrected chi connectivity index (χ3v) is 3.37. The van der Waals surface area contributed by atoms with Crippen LogP contribution in [0.1, 0.15) is 23.8 Å². The molecule has 2 atom stereocenters. The SMILES string of the molecule is CC1C(C(=O)O)CCN1C(=O)c1cncn1C. The van der Waals surface area contributed by atoms with Crippen molar-refractivity contribution in [2.45, 2.75) is 19.4 Å². The minimum atomic E-state index is -0.835. The number of carbonyl (C=O) groups excluding carboxylic acids is 1. The number of carbonyl (C=O) groups is 2. The molecule has 1 aliphatic rings. The van der Waals surface area contributed by atoms with Gasteiger partial charge in [-0.2, -0.15) is 0 Å². The van der Waals surface area contributed by atoms with Crippen molar-refractivity contribution in [1.82, 2.24) is 14.5 Å². The van der Waals surface area contributed by atoms with Crippen LogP contribution in [0, 0.1) is 5.92 Å². The van der Waals surface area contributed by atoms with Gasteiger partial charge in [-0.3, -0.25) is 9.59 Å². The first-order valence-electron chi connectivity index (χ1n) is 5.52. The first kappa shape index (κ1) is 11.6. The minimum absolute atomic E-state index is 0.152. The van der Waals surface area contributed by atoms with E-state index in [0.29, 0.717) is 18.7 Å². The Balaban J connectivity index is 2.18. The Morgan fingerprint density at radius 3 is 2.71 bits per heavy atom. The summed E-state index contributed by atoms with van der Waals surface area (Å²) in [4.78, 5) is 28.7. The van der Waals surface area contributed by atoms with Crippen molar-refractivity contribution < 1.29 is 14.7 Å². The normalized spacial score (nSPS) is 24.0. The molecule has 2 heterocycles. The molecule has 2 unspecified atom stereocenters. The lowest BCUT2D eigenvalue weighted by atomic mass is 10.0. The Kier molecular flexibility index (Phi) is 2.87. The molecular weight excluding hydrogens is 222 g/mol. The number of amides is 1. The Hall–Kier alpha value is -1.85. The van der Waals surface area contributed by atoms with Gasteiger partial charge < -0.3 is 14.6 Å². The smallest absolute Gasteiger partial charge is 0.308 e. The molecule has 2 rings (SSSR count). The molecule has 1 N–H and O–H groups in total. The lowest BCUT2D eigenvalue weighted by Crippen LogP contribution is -2.38. The molecule has 1 saturated heterocycles. The number of aliphatic carboxylic acids is 1. The summed E-state index contributed by atoms with van der Waals surface area (Å²) in [6, 6.07) is -0.269. The third-order valence-electron chi connectivity index (χ3n) is 3.37. The number of aromatic nitrogens is 2. The van der Waals surface area contributed by atoms with E-state index in [0.717, 1.165) is 0 Å². The van der Waals surface area contributed by atoms with Crippen molar-refractivity contribution in [3.63, 3.8) is 0 Å². The Bertz CT molecular complexity index is 455. The predicted octanol–water partition coefficient (Wildman–Crippen LogP) is 0.355. The quantitative estimate of drug-likeness (QED) is 0.805. The van der Waals surface area contributed by atoms with Crippen LogP contribution in [0.3, 0.4) is 0 Å². The van der Waals surface area contributed by atoms with E-state index in [9.17, 15) is 9.59 Å². The second-order valence-electron chi connectivity index (χ2n) is 4.36. The monoisotopic (exact) mass is 237 g/mol.